The number of nitrogens with zero attached hydrogens (tertiary/aromatic N) is 2. The highest BCUT2D eigenvalue weighted by Gasteiger charge is 2.17. The van der Waals surface area contributed by atoms with E-state index in [2.05, 4.69) is 20.0 Å². The van der Waals surface area contributed by atoms with E-state index in [-0.39, 0.29) is 11.5 Å². The van der Waals surface area contributed by atoms with Crippen molar-refractivity contribution in [3.8, 4) is 0 Å². The highest BCUT2D eigenvalue weighted by molar-refractivity contribution is 6.04. The third-order valence-electron chi connectivity index (χ3n) is 2.22. The number of carbonyl (C=O) groups is 2. The van der Waals surface area contributed by atoms with Gasteiger partial charge in [0.2, 0.25) is 5.76 Å². The first-order valence-corrected chi connectivity index (χ1v) is 5.00. The van der Waals surface area contributed by atoms with Crippen molar-refractivity contribution in [3.63, 3.8) is 0 Å². The van der Waals surface area contributed by atoms with E-state index >= 15 is 0 Å². The van der Waals surface area contributed by atoms with Gasteiger partial charge in [-0.3, -0.25) is 9.78 Å². The van der Waals surface area contributed by atoms with E-state index in [1.54, 1.807) is 19.2 Å². The molecule has 0 aliphatic rings. The molecule has 7 nitrogen and oxygen atoms in total. The number of aromatic nitrogens is 2. The van der Waals surface area contributed by atoms with Gasteiger partial charge in [-0.25, -0.2) is 4.79 Å². The van der Waals surface area contributed by atoms with Crippen molar-refractivity contribution >= 4 is 17.6 Å². The van der Waals surface area contributed by atoms with Crippen LogP contribution in [0.1, 0.15) is 26.6 Å². The Hall–Kier alpha value is -2.70. The molecule has 0 aliphatic carbocycles. The average Bonchev–Trinajstić information content (AvgIpc) is 2.81. The fourth-order valence-electron chi connectivity index (χ4n) is 1.28. The Labute approximate surface area is 101 Å². The first-order valence-electron chi connectivity index (χ1n) is 5.00. The normalized spacial score (nSPS) is 10.1. The van der Waals surface area contributed by atoms with Gasteiger partial charge in [0.1, 0.15) is 0 Å². The predicted octanol–water partition coefficient (Wildman–Crippen LogP) is 1.33. The summed E-state index contributed by atoms with van der Waals surface area (Å²) < 4.78 is 4.49. The molecule has 0 fully saturated rings. The SMILES string of the molecule is Cc1cnccc1NC(=O)c1cc(C(=O)O)on1. The van der Waals surface area contributed by atoms with Crippen LogP contribution < -0.4 is 5.32 Å². The summed E-state index contributed by atoms with van der Waals surface area (Å²) in [6.45, 7) is 1.79. The van der Waals surface area contributed by atoms with Gasteiger partial charge in [-0.1, -0.05) is 5.16 Å². The Morgan fingerprint density at radius 3 is 2.83 bits per heavy atom. The van der Waals surface area contributed by atoms with Crippen molar-refractivity contribution in [3.05, 3.63) is 41.5 Å². The largest absolute Gasteiger partial charge is 0.475 e. The van der Waals surface area contributed by atoms with E-state index in [9.17, 15) is 9.59 Å². The van der Waals surface area contributed by atoms with E-state index in [4.69, 9.17) is 5.11 Å². The lowest BCUT2D eigenvalue weighted by Crippen LogP contribution is -2.13. The van der Waals surface area contributed by atoms with Crippen molar-refractivity contribution in [1.82, 2.24) is 10.1 Å². The smallest absolute Gasteiger partial charge is 0.374 e. The summed E-state index contributed by atoms with van der Waals surface area (Å²) in [5.74, 6) is -2.20. The van der Waals surface area contributed by atoms with Gasteiger partial charge in [0, 0.05) is 24.1 Å². The van der Waals surface area contributed by atoms with Crippen LogP contribution in [0.15, 0.2) is 29.0 Å². The second kappa shape index (κ2) is 4.66. The number of anilines is 1. The number of pyridine rings is 1. The molecule has 0 saturated carbocycles. The van der Waals surface area contributed by atoms with Crippen molar-refractivity contribution in [1.29, 1.82) is 0 Å². The number of carboxylic acids is 1. The van der Waals surface area contributed by atoms with Crippen molar-refractivity contribution in [2.45, 2.75) is 6.92 Å². The molecule has 2 aromatic rings. The minimum Gasteiger partial charge on any atom is -0.475 e. The van der Waals surface area contributed by atoms with Crippen LogP contribution in [0.25, 0.3) is 0 Å². The number of rotatable bonds is 3. The maximum absolute atomic E-state index is 11.8. The molecule has 0 bridgehead atoms. The van der Waals surface area contributed by atoms with Gasteiger partial charge in [-0.15, -0.1) is 0 Å². The molecule has 0 unspecified atom stereocenters. The van der Waals surface area contributed by atoms with Crippen molar-refractivity contribution in [2.75, 3.05) is 5.32 Å². The lowest BCUT2D eigenvalue weighted by molar-refractivity contribution is 0.0651. The Bertz CT molecular complexity index is 606. The summed E-state index contributed by atoms with van der Waals surface area (Å²) in [5, 5.41) is 14.6. The lowest BCUT2D eigenvalue weighted by Gasteiger charge is -2.04. The molecule has 0 saturated heterocycles. The standard InChI is InChI=1S/C11H9N3O4/c1-6-5-12-3-2-7(6)13-10(15)8-4-9(11(16)17)18-14-8/h2-5H,1H3,(H,16,17)(H,12,13,15). The van der Waals surface area contributed by atoms with Gasteiger partial charge in [-0.05, 0) is 18.6 Å². The van der Waals surface area contributed by atoms with Crippen molar-refractivity contribution in [2.24, 2.45) is 0 Å². The monoisotopic (exact) mass is 247 g/mol. The molecular weight excluding hydrogens is 238 g/mol. The first-order chi connectivity index (χ1) is 8.58. The number of carboxylic acid groups (broad SMARTS) is 1. The molecular formula is C11H9N3O4. The van der Waals surface area contributed by atoms with E-state index in [0.29, 0.717) is 5.69 Å². The topological polar surface area (TPSA) is 105 Å². The molecule has 92 valence electrons. The molecule has 0 aliphatic heterocycles. The zero-order chi connectivity index (χ0) is 13.1. The molecule has 2 rings (SSSR count). The summed E-state index contributed by atoms with van der Waals surface area (Å²) >= 11 is 0. The van der Waals surface area contributed by atoms with Gasteiger partial charge in [0.05, 0.1) is 0 Å². The Balaban J connectivity index is 2.17. The predicted molar refractivity (Wildman–Crippen MR) is 60.4 cm³/mol. The van der Waals surface area contributed by atoms with Gasteiger partial charge in [0.25, 0.3) is 5.91 Å². The summed E-state index contributed by atoms with van der Waals surface area (Å²) in [7, 11) is 0. The fourth-order valence-corrected chi connectivity index (χ4v) is 1.28. The van der Waals surface area contributed by atoms with E-state index < -0.39 is 11.9 Å². The number of amides is 1. The minimum atomic E-state index is -1.28. The summed E-state index contributed by atoms with van der Waals surface area (Å²) in [6, 6.07) is 2.69. The third kappa shape index (κ3) is 2.34. The number of aromatic carboxylic acids is 1. The highest BCUT2D eigenvalue weighted by Crippen LogP contribution is 2.13. The maximum atomic E-state index is 11.8. The molecule has 2 aromatic heterocycles. The second-order valence-corrected chi connectivity index (χ2v) is 3.53. The maximum Gasteiger partial charge on any atom is 0.374 e. The molecule has 18 heavy (non-hydrogen) atoms. The molecule has 2 N–H and O–H groups in total. The molecule has 0 spiro atoms. The van der Waals surface area contributed by atoms with Gasteiger partial charge in [0.15, 0.2) is 5.69 Å². The van der Waals surface area contributed by atoms with Crippen LogP contribution in [0.3, 0.4) is 0 Å². The molecule has 0 atom stereocenters. The van der Waals surface area contributed by atoms with E-state index in [1.807, 2.05) is 0 Å². The summed E-state index contributed by atoms with van der Waals surface area (Å²) in [4.78, 5) is 26.2. The lowest BCUT2D eigenvalue weighted by atomic mass is 10.2. The quantitative estimate of drug-likeness (QED) is 0.847. The first kappa shape index (κ1) is 11.8. The minimum absolute atomic E-state index is 0.0939. The number of aryl methyl sites for hydroxylation is 1. The molecule has 0 aromatic carbocycles. The van der Waals surface area contributed by atoms with Crippen LogP contribution in [0.5, 0.6) is 0 Å². The Morgan fingerprint density at radius 2 is 2.22 bits per heavy atom. The van der Waals surface area contributed by atoms with Crippen LogP contribution in [0.4, 0.5) is 5.69 Å². The average molecular weight is 247 g/mol. The Kier molecular flexibility index (Phi) is 3.05. The van der Waals surface area contributed by atoms with E-state index in [1.165, 1.54) is 6.20 Å². The van der Waals surface area contributed by atoms with Gasteiger partial charge >= 0.3 is 5.97 Å². The number of hydrogen-bond acceptors (Lipinski definition) is 5. The van der Waals surface area contributed by atoms with Crippen LogP contribution >= 0.6 is 0 Å². The van der Waals surface area contributed by atoms with Gasteiger partial charge < -0.3 is 14.9 Å². The zero-order valence-corrected chi connectivity index (χ0v) is 9.38. The van der Waals surface area contributed by atoms with Crippen LogP contribution in [-0.4, -0.2) is 27.1 Å². The van der Waals surface area contributed by atoms with Gasteiger partial charge in [-0.2, -0.15) is 0 Å². The molecule has 7 heteroatoms. The summed E-state index contributed by atoms with van der Waals surface area (Å²) in [6.07, 6.45) is 3.13. The highest BCUT2D eigenvalue weighted by atomic mass is 16.5. The zero-order valence-electron chi connectivity index (χ0n) is 9.38. The fraction of sp³-hybridized carbons (Fsp3) is 0.0909. The van der Waals surface area contributed by atoms with Crippen molar-refractivity contribution < 1.29 is 19.2 Å². The van der Waals surface area contributed by atoms with Crippen LogP contribution in [-0.2, 0) is 0 Å². The number of nitrogens with one attached hydrogen (secondary N) is 1. The van der Waals surface area contributed by atoms with Crippen LogP contribution in [0.2, 0.25) is 0 Å². The number of carbonyl (C=O) groups excluding carboxylic acids is 1. The Morgan fingerprint density at radius 1 is 1.44 bits per heavy atom. The van der Waals surface area contributed by atoms with E-state index in [0.717, 1.165) is 11.6 Å². The second-order valence-electron chi connectivity index (χ2n) is 3.53. The summed E-state index contributed by atoms with van der Waals surface area (Å²) in [5.41, 5.74) is 1.27. The number of hydrogen-bond donors (Lipinski definition) is 2. The van der Waals surface area contributed by atoms with Crippen LogP contribution in [0, 0.1) is 6.92 Å². The molecule has 0 radical (unpaired) electrons. The third-order valence-corrected chi connectivity index (χ3v) is 2.22. The molecule has 2 heterocycles. The molecule has 1 amide bonds.